The fraction of sp³-hybridized carbons (Fsp3) is 0.115. The number of alkyl halides is 3. The van der Waals surface area contributed by atoms with Crippen LogP contribution in [0.1, 0.15) is 21.6 Å². The third kappa shape index (κ3) is 4.03. The van der Waals surface area contributed by atoms with Crippen LogP contribution in [-0.2, 0) is 12.7 Å². The van der Waals surface area contributed by atoms with Crippen LogP contribution in [0.3, 0.4) is 0 Å². The summed E-state index contributed by atoms with van der Waals surface area (Å²) < 4.78 is 48.0. The molecule has 0 aliphatic carbocycles. The Kier molecular flexibility index (Phi) is 5.62. The molecular weight excluding hydrogens is 491 g/mol. The summed E-state index contributed by atoms with van der Waals surface area (Å²) in [4.78, 5) is 41.6. The van der Waals surface area contributed by atoms with Gasteiger partial charge in [0.15, 0.2) is 5.69 Å². The molecule has 0 atom stereocenters. The van der Waals surface area contributed by atoms with Gasteiger partial charge in [0, 0.05) is 11.9 Å². The zero-order valence-electron chi connectivity index (χ0n) is 19.2. The molecule has 0 aliphatic rings. The van der Waals surface area contributed by atoms with Crippen LogP contribution in [0.5, 0.6) is 5.75 Å². The van der Waals surface area contributed by atoms with E-state index < -0.39 is 40.3 Å². The lowest BCUT2D eigenvalue weighted by molar-refractivity contribution is -0.137. The average molecular weight is 509 g/mol. The van der Waals surface area contributed by atoms with Crippen molar-refractivity contribution in [1.29, 1.82) is 0 Å². The smallest absolute Gasteiger partial charge is 0.416 e. The van der Waals surface area contributed by atoms with Gasteiger partial charge in [0.1, 0.15) is 5.75 Å². The minimum Gasteiger partial charge on any atom is -0.497 e. The lowest BCUT2D eigenvalue weighted by atomic mass is 10.1. The highest BCUT2D eigenvalue weighted by molar-refractivity contribution is 6.03. The number of nitrogens with one attached hydrogen (secondary N) is 1. The van der Waals surface area contributed by atoms with Crippen molar-refractivity contribution >= 4 is 27.8 Å². The highest BCUT2D eigenvalue weighted by Gasteiger charge is 2.33. The van der Waals surface area contributed by atoms with E-state index in [1.165, 1.54) is 23.8 Å². The number of fused-ring (bicyclic) bond motifs is 2. The number of aromatic carboxylic acids is 1. The van der Waals surface area contributed by atoms with Crippen LogP contribution < -0.4 is 16.0 Å². The number of carboxylic acids is 1. The maximum absolute atomic E-state index is 13.6. The number of halogens is 3. The van der Waals surface area contributed by atoms with Crippen LogP contribution in [-0.4, -0.2) is 32.3 Å². The van der Waals surface area contributed by atoms with Gasteiger partial charge in [0.05, 0.1) is 34.8 Å². The predicted octanol–water partition coefficient (Wildman–Crippen LogP) is 4.41. The Balaban J connectivity index is 1.91. The van der Waals surface area contributed by atoms with Crippen molar-refractivity contribution in [2.75, 3.05) is 7.11 Å². The summed E-state index contributed by atoms with van der Waals surface area (Å²) in [5.74, 6) is -1.03. The Morgan fingerprint density at radius 2 is 1.76 bits per heavy atom. The van der Waals surface area contributed by atoms with E-state index >= 15 is 0 Å². The molecule has 2 aromatic heterocycles. The lowest BCUT2D eigenvalue weighted by Gasteiger charge is -2.11. The minimum atomic E-state index is -4.75. The molecule has 0 saturated heterocycles. The van der Waals surface area contributed by atoms with Gasteiger partial charge in [-0.3, -0.25) is 4.79 Å². The zero-order valence-corrected chi connectivity index (χ0v) is 19.2. The average Bonchev–Trinajstić information content (AvgIpc) is 3.17. The topological polar surface area (TPSA) is 106 Å². The van der Waals surface area contributed by atoms with E-state index in [-0.39, 0.29) is 28.4 Å². The summed E-state index contributed by atoms with van der Waals surface area (Å²) in [6.07, 6.45) is -4.75. The SMILES string of the molecule is COc1cccc(Cn2c(C(=O)O)c(-n3c(=O)[nH]c4ccccc4c3=O)c3cc(C(F)(F)F)ccc32)c1. The number of rotatable bonds is 5. The number of aromatic nitrogens is 3. The summed E-state index contributed by atoms with van der Waals surface area (Å²) in [5, 5.41) is 10.1. The predicted molar refractivity (Wildman–Crippen MR) is 130 cm³/mol. The van der Waals surface area contributed by atoms with Crippen molar-refractivity contribution in [3.8, 4) is 11.4 Å². The summed E-state index contributed by atoms with van der Waals surface area (Å²) in [5.41, 5.74) is -2.96. The second kappa shape index (κ2) is 8.70. The molecular formula is C26H18F3N3O5. The number of aromatic amines is 1. The van der Waals surface area contributed by atoms with Gasteiger partial charge in [-0.2, -0.15) is 13.2 Å². The van der Waals surface area contributed by atoms with Gasteiger partial charge in [-0.05, 0) is 48.0 Å². The van der Waals surface area contributed by atoms with Gasteiger partial charge in [-0.25, -0.2) is 14.2 Å². The fourth-order valence-electron chi connectivity index (χ4n) is 4.44. The normalized spacial score (nSPS) is 11.8. The number of ether oxygens (including phenoxy) is 1. The van der Waals surface area contributed by atoms with Crippen molar-refractivity contribution in [1.82, 2.24) is 14.1 Å². The van der Waals surface area contributed by atoms with E-state index in [0.29, 0.717) is 15.9 Å². The zero-order chi connectivity index (χ0) is 26.5. The van der Waals surface area contributed by atoms with Crippen molar-refractivity contribution in [2.24, 2.45) is 0 Å². The molecule has 0 saturated carbocycles. The number of benzene rings is 3. The lowest BCUT2D eigenvalue weighted by Crippen LogP contribution is -2.34. The van der Waals surface area contributed by atoms with Gasteiger partial charge >= 0.3 is 17.8 Å². The first kappa shape index (κ1) is 23.9. The third-order valence-electron chi connectivity index (χ3n) is 6.07. The molecule has 8 nitrogen and oxygen atoms in total. The summed E-state index contributed by atoms with van der Waals surface area (Å²) in [6, 6.07) is 15.5. The molecule has 0 radical (unpaired) electrons. The molecule has 0 fully saturated rings. The van der Waals surface area contributed by atoms with Crippen LogP contribution in [0.4, 0.5) is 13.2 Å². The molecule has 3 aromatic carbocycles. The van der Waals surface area contributed by atoms with Crippen LogP contribution >= 0.6 is 0 Å². The third-order valence-corrected chi connectivity index (χ3v) is 6.07. The Labute approximate surface area is 205 Å². The molecule has 0 amide bonds. The molecule has 5 rings (SSSR count). The van der Waals surface area contributed by atoms with Crippen LogP contribution in [0.2, 0.25) is 0 Å². The first-order valence-electron chi connectivity index (χ1n) is 10.9. The van der Waals surface area contributed by atoms with Crippen LogP contribution in [0.25, 0.3) is 27.5 Å². The van der Waals surface area contributed by atoms with Gasteiger partial charge < -0.3 is 19.4 Å². The van der Waals surface area contributed by atoms with E-state index in [0.717, 1.165) is 18.2 Å². The molecule has 37 heavy (non-hydrogen) atoms. The fourth-order valence-corrected chi connectivity index (χ4v) is 4.44. The molecule has 11 heteroatoms. The van der Waals surface area contributed by atoms with Gasteiger partial charge in [0.2, 0.25) is 0 Å². The Morgan fingerprint density at radius 1 is 1.00 bits per heavy atom. The monoisotopic (exact) mass is 509 g/mol. The highest BCUT2D eigenvalue weighted by Crippen LogP contribution is 2.36. The summed E-state index contributed by atoms with van der Waals surface area (Å²) in [7, 11) is 1.46. The number of H-pyrrole nitrogens is 1. The minimum absolute atomic E-state index is 0.0686. The molecule has 0 bridgehead atoms. The largest absolute Gasteiger partial charge is 0.497 e. The number of nitrogens with zero attached hydrogens (tertiary/aromatic N) is 2. The number of methoxy groups -OCH3 is 1. The number of hydrogen-bond acceptors (Lipinski definition) is 4. The van der Waals surface area contributed by atoms with E-state index in [2.05, 4.69) is 4.98 Å². The number of hydrogen-bond donors (Lipinski definition) is 2. The van der Waals surface area contributed by atoms with Crippen molar-refractivity contribution in [2.45, 2.75) is 12.7 Å². The second-order valence-electron chi connectivity index (χ2n) is 8.29. The van der Waals surface area contributed by atoms with Crippen LogP contribution in [0.15, 0.2) is 76.3 Å². The highest BCUT2D eigenvalue weighted by atomic mass is 19.4. The molecule has 2 N–H and O–H groups in total. The number of para-hydroxylation sites is 1. The van der Waals surface area contributed by atoms with E-state index in [1.807, 2.05) is 0 Å². The van der Waals surface area contributed by atoms with Gasteiger partial charge in [0.25, 0.3) is 5.56 Å². The summed E-state index contributed by atoms with van der Waals surface area (Å²) >= 11 is 0. The van der Waals surface area contributed by atoms with Gasteiger partial charge in [-0.15, -0.1) is 0 Å². The van der Waals surface area contributed by atoms with Crippen molar-refractivity contribution < 1.29 is 27.8 Å². The molecule has 188 valence electrons. The Hall–Kier alpha value is -4.80. The summed E-state index contributed by atoms with van der Waals surface area (Å²) in [6.45, 7) is -0.0824. The quantitative estimate of drug-likeness (QED) is 0.365. The van der Waals surface area contributed by atoms with Crippen molar-refractivity contribution in [3.63, 3.8) is 0 Å². The van der Waals surface area contributed by atoms with E-state index in [1.54, 1.807) is 36.4 Å². The van der Waals surface area contributed by atoms with E-state index in [4.69, 9.17) is 4.74 Å². The molecule has 0 spiro atoms. The first-order valence-corrected chi connectivity index (χ1v) is 10.9. The maximum Gasteiger partial charge on any atom is 0.416 e. The van der Waals surface area contributed by atoms with Crippen LogP contribution in [0, 0.1) is 0 Å². The Bertz CT molecular complexity index is 1820. The standard InChI is InChI=1S/C26H18F3N3O5/c1-37-16-6-4-5-14(11-16)13-31-20-10-9-15(26(27,28)29)12-18(20)21(22(31)24(34)35)32-23(33)17-7-2-3-8-19(17)30-25(32)36/h2-12H,13H2,1H3,(H,30,36)(H,34,35). The molecule has 2 heterocycles. The molecule has 0 aliphatic heterocycles. The Morgan fingerprint density at radius 3 is 2.46 bits per heavy atom. The first-order chi connectivity index (χ1) is 17.6. The number of carbonyl (C=O) groups is 1. The van der Waals surface area contributed by atoms with E-state index in [9.17, 15) is 32.7 Å². The van der Waals surface area contributed by atoms with Crippen molar-refractivity contribution in [3.05, 3.63) is 104 Å². The number of carboxylic acid groups (broad SMARTS) is 1. The molecule has 5 aromatic rings. The van der Waals surface area contributed by atoms with Gasteiger partial charge in [-0.1, -0.05) is 24.3 Å². The molecule has 0 unspecified atom stereocenters. The maximum atomic E-state index is 13.6. The second-order valence-corrected chi connectivity index (χ2v) is 8.29.